The molecule has 0 bridgehead atoms. The van der Waals surface area contributed by atoms with Crippen LogP contribution in [0.2, 0.25) is 0 Å². The molecule has 2 saturated carbocycles. The van der Waals surface area contributed by atoms with Crippen molar-refractivity contribution in [1.82, 2.24) is 5.32 Å². The molecule has 0 radical (unpaired) electrons. The van der Waals surface area contributed by atoms with Crippen molar-refractivity contribution in [1.29, 1.82) is 0 Å². The predicted octanol–water partition coefficient (Wildman–Crippen LogP) is 3.20. The zero-order valence-corrected chi connectivity index (χ0v) is 9.97. The molecular formula is C13H25N. The van der Waals surface area contributed by atoms with Crippen molar-refractivity contribution >= 4 is 0 Å². The van der Waals surface area contributed by atoms with Crippen molar-refractivity contribution in [3.05, 3.63) is 0 Å². The molecule has 82 valence electrons. The lowest BCUT2D eigenvalue weighted by molar-refractivity contribution is 0.321. The third kappa shape index (κ3) is 2.13. The average Bonchev–Trinajstić information content (AvgIpc) is 2.77. The molecule has 0 aliphatic heterocycles. The summed E-state index contributed by atoms with van der Waals surface area (Å²) in [6.07, 6.45) is 7.23. The molecule has 0 saturated heterocycles. The molecule has 1 heteroatoms. The quantitative estimate of drug-likeness (QED) is 0.726. The zero-order chi connectivity index (χ0) is 10.2. The lowest BCUT2D eigenvalue weighted by Crippen LogP contribution is -2.37. The summed E-state index contributed by atoms with van der Waals surface area (Å²) in [6, 6.07) is 0.732. The van der Waals surface area contributed by atoms with Gasteiger partial charge in [0, 0.05) is 6.04 Å². The Balaban J connectivity index is 1.71. The topological polar surface area (TPSA) is 12.0 Å². The van der Waals surface area contributed by atoms with Crippen molar-refractivity contribution in [3.63, 3.8) is 0 Å². The van der Waals surface area contributed by atoms with Gasteiger partial charge in [-0.3, -0.25) is 0 Å². The van der Waals surface area contributed by atoms with Crippen LogP contribution in [0.5, 0.6) is 0 Å². The van der Waals surface area contributed by atoms with E-state index in [2.05, 4.69) is 26.1 Å². The van der Waals surface area contributed by atoms with Gasteiger partial charge in [-0.15, -0.1) is 0 Å². The van der Waals surface area contributed by atoms with E-state index in [0.717, 1.165) is 17.9 Å². The van der Waals surface area contributed by atoms with Gasteiger partial charge in [0.25, 0.3) is 0 Å². The summed E-state index contributed by atoms with van der Waals surface area (Å²) in [4.78, 5) is 0. The van der Waals surface area contributed by atoms with Gasteiger partial charge in [-0.2, -0.15) is 0 Å². The molecule has 0 amide bonds. The van der Waals surface area contributed by atoms with Gasteiger partial charge in [0.2, 0.25) is 0 Å². The maximum atomic E-state index is 3.76. The minimum atomic E-state index is 0.641. The van der Waals surface area contributed by atoms with Crippen LogP contribution in [-0.4, -0.2) is 12.6 Å². The fourth-order valence-corrected chi connectivity index (χ4v) is 2.73. The molecule has 0 spiro atoms. The van der Waals surface area contributed by atoms with Crippen LogP contribution in [0.25, 0.3) is 0 Å². The van der Waals surface area contributed by atoms with E-state index < -0.39 is 0 Å². The molecule has 2 aliphatic carbocycles. The first kappa shape index (κ1) is 10.5. The highest BCUT2D eigenvalue weighted by Crippen LogP contribution is 2.48. The SMILES string of the molecule is CC1CCCC1CNC(C)C1(C)CC1. The van der Waals surface area contributed by atoms with Gasteiger partial charge >= 0.3 is 0 Å². The van der Waals surface area contributed by atoms with Crippen LogP contribution in [0.4, 0.5) is 0 Å². The Hall–Kier alpha value is -0.0400. The van der Waals surface area contributed by atoms with Crippen LogP contribution in [0, 0.1) is 17.3 Å². The van der Waals surface area contributed by atoms with Crippen LogP contribution < -0.4 is 5.32 Å². The van der Waals surface area contributed by atoms with Gasteiger partial charge in [-0.1, -0.05) is 26.7 Å². The van der Waals surface area contributed by atoms with Crippen molar-refractivity contribution in [2.24, 2.45) is 17.3 Å². The van der Waals surface area contributed by atoms with E-state index in [0.29, 0.717) is 5.41 Å². The smallest absolute Gasteiger partial charge is 0.00926 e. The molecule has 0 aromatic heterocycles. The van der Waals surface area contributed by atoms with Crippen molar-refractivity contribution in [2.75, 3.05) is 6.54 Å². The monoisotopic (exact) mass is 195 g/mol. The van der Waals surface area contributed by atoms with E-state index in [-0.39, 0.29) is 0 Å². The normalized spacial score (nSPS) is 37.1. The van der Waals surface area contributed by atoms with E-state index in [9.17, 15) is 0 Å². The Morgan fingerprint density at radius 2 is 2.07 bits per heavy atom. The largest absolute Gasteiger partial charge is 0.313 e. The average molecular weight is 195 g/mol. The molecule has 2 aliphatic rings. The Kier molecular flexibility index (Phi) is 2.88. The third-order valence-corrected chi connectivity index (χ3v) is 4.81. The fraction of sp³-hybridized carbons (Fsp3) is 1.00. The van der Waals surface area contributed by atoms with Crippen molar-refractivity contribution in [2.45, 2.75) is 58.9 Å². The second-order valence-corrected chi connectivity index (χ2v) is 5.95. The van der Waals surface area contributed by atoms with E-state index in [1.807, 2.05) is 0 Å². The van der Waals surface area contributed by atoms with Crippen LogP contribution in [0.15, 0.2) is 0 Å². The highest BCUT2D eigenvalue weighted by atomic mass is 14.9. The molecule has 14 heavy (non-hydrogen) atoms. The third-order valence-electron chi connectivity index (χ3n) is 4.81. The first-order chi connectivity index (χ1) is 6.62. The minimum Gasteiger partial charge on any atom is -0.313 e. The van der Waals surface area contributed by atoms with Crippen molar-refractivity contribution < 1.29 is 0 Å². The van der Waals surface area contributed by atoms with Gasteiger partial charge in [-0.25, -0.2) is 0 Å². The van der Waals surface area contributed by atoms with E-state index in [4.69, 9.17) is 0 Å². The summed E-state index contributed by atoms with van der Waals surface area (Å²) < 4.78 is 0. The summed E-state index contributed by atoms with van der Waals surface area (Å²) in [7, 11) is 0. The lowest BCUT2D eigenvalue weighted by Gasteiger charge is -2.24. The molecule has 2 rings (SSSR count). The lowest BCUT2D eigenvalue weighted by atomic mass is 9.96. The Bertz CT molecular complexity index is 193. The maximum absolute atomic E-state index is 3.76. The maximum Gasteiger partial charge on any atom is 0.00926 e. The Morgan fingerprint density at radius 1 is 1.36 bits per heavy atom. The van der Waals surface area contributed by atoms with E-state index in [1.54, 1.807) is 0 Å². The molecule has 0 aromatic carbocycles. The van der Waals surface area contributed by atoms with Crippen LogP contribution in [0.1, 0.15) is 52.9 Å². The molecule has 1 N–H and O–H groups in total. The molecule has 2 fully saturated rings. The minimum absolute atomic E-state index is 0.641. The van der Waals surface area contributed by atoms with Gasteiger partial charge in [0.15, 0.2) is 0 Å². The molecule has 0 aromatic rings. The first-order valence-corrected chi connectivity index (χ1v) is 6.35. The summed E-state index contributed by atoms with van der Waals surface area (Å²) in [6.45, 7) is 8.47. The summed E-state index contributed by atoms with van der Waals surface area (Å²) in [5, 5.41) is 3.76. The summed E-state index contributed by atoms with van der Waals surface area (Å²) in [5.41, 5.74) is 0.641. The Morgan fingerprint density at radius 3 is 2.57 bits per heavy atom. The highest BCUT2D eigenvalue weighted by molar-refractivity contribution is 4.96. The Labute approximate surface area is 88.7 Å². The summed E-state index contributed by atoms with van der Waals surface area (Å²) >= 11 is 0. The molecule has 0 heterocycles. The molecule has 3 unspecified atom stereocenters. The molecule has 1 nitrogen and oxygen atoms in total. The van der Waals surface area contributed by atoms with Gasteiger partial charge in [-0.05, 0) is 50.0 Å². The standard InChI is InChI=1S/C13H25N/c1-10-5-4-6-12(10)9-14-11(2)13(3)7-8-13/h10-12,14H,4-9H2,1-3H3. The second-order valence-electron chi connectivity index (χ2n) is 5.95. The predicted molar refractivity (Wildman–Crippen MR) is 61.3 cm³/mol. The van der Waals surface area contributed by atoms with Gasteiger partial charge < -0.3 is 5.32 Å². The van der Waals surface area contributed by atoms with Crippen molar-refractivity contribution in [3.8, 4) is 0 Å². The second kappa shape index (κ2) is 3.84. The van der Waals surface area contributed by atoms with Crippen LogP contribution >= 0.6 is 0 Å². The fourth-order valence-electron chi connectivity index (χ4n) is 2.73. The number of nitrogens with one attached hydrogen (secondary N) is 1. The van der Waals surface area contributed by atoms with E-state index in [1.165, 1.54) is 38.6 Å². The van der Waals surface area contributed by atoms with Gasteiger partial charge in [0.05, 0.1) is 0 Å². The van der Waals surface area contributed by atoms with Crippen LogP contribution in [0.3, 0.4) is 0 Å². The number of hydrogen-bond acceptors (Lipinski definition) is 1. The first-order valence-electron chi connectivity index (χ1n) is 6.35. The molecule has 3 atom stereocenters. The van der Waals surface area contributed by atoms with Gasteiger partial charge in [0.1, 0.15) is 0 Å². The number of hydrogen-bond donors (Lipinski definition) is 1. The molecular weight excluding hydrogens is 170 g/mol. The highest BCUT2D eigenvalue weighted by Gasteiger charge is 2.42. The van der Waals surface area contributed by atoms with E-state index >= 15 is 0 Å². The van der Waals surface area contributed by atoms with Crippen LogP contribution in [-0.2, 0) is 0 Å². The summed E-state index contributed by atoms with van der Waals surface area (Å²) in [5.74, 6) is 1.92. The number of rotatable bonds is 4. The zero-order valence-electron chi connectivity index (χ0n) is 9.97.